The Morgan fingerprint density at radius 1 is 0.341 bits per heavy atom. The summed E-state index contributed by atoms with van der Waals surface area (Å²) in [6.07, 6.45) is -7.24. The third kappa shape index (κ3) is 4.67. The highest BCUT2D eigenvalue weighted by Crippen LogP contribution is 2.66. The van der Waals surface area contributed by atoms with Crippen LogP contribution in [0.5, 0.6) is 0 Å². The molecule has 0 radical (unpaired) electrons. The van der Waals surface area contributed by atoms with E-state index in [4.69, 9.17) is 5.11 Å². The molecule has 0 aliphatic rings. The number of carbonyl (C=O) groups is 1. The predicted octanol–water partition coefficient (Wildman–Crippen LogP) is 8.14. The zero-order valence-corrected chi connectivity index (χ0v) is 17.3. The van der Waals surface area contributed by atoms with Crippen LogP contribution in [0.4, 0.5) is 110 Å². The summed E-state index contributed by atoms with van der Waals surface area (Å²) in [5.41, 5.74) is 0. The van der Waals surface area contributed by atoms with Gasteiger partial charge in [0.15, 0.2) is 0 Å². The highest BCUT2D eigenvalue weighted by molar-refractivity contribution is 5.77. The van der Waals surface area contributed by atoms with Crippen LogP contribution in [-0.2, 0) is 4.79 Å². The number of hydrogen-bond donors (Lipinski definition) is 1. The normalized spacial score (nSPS) is 17.0. The maximum absolute atomic E-state index is 13.5. The summed E-state index contributed by atoms with van der Waals surface area (Å²) in [5.74, 6) is -106. The Morgan fingerprint density at radius 2 is 0.537 bits per heavy atom. The predicted molar refractivity (Wildman–Crippen MR) is 72.4 cm³/mol. The molecule has 0 bridgehead atoms. The molecule has 0 amide bonds. The number of rotatable bonds is 11. The maximum atomic E-state index is 13.5. The first-order valence-electron chi connectivity index (χ1n) is 8.40. The molecule has 0 fully saturated rings. The largest absolute Gasteiger partial charge is 0.477 e. The monoisotopic (exact) mass is 676 g/mol. The van der Waals surface area contributed by atoms with Gasteiger partial charge >= 0.3 is 71.4 Å². The highest BCUT2D eigenvalue weighted by atomic mass is 19.4. The van der Waals surface area contributed by atoms with E-state index in [2.05, 4.69) is 0 Å². The SMILES string of the molecule is O=C(O)C(F)(F)C(F)(F)C(F)(F)C(F)(F)C(F)(F)C(F)(F)C(F)(F)C(F)(F)C(F)(F)C(F)(F)/C(F)=C(\F)C(F)(F)F. The molecule has 0 saturated carbocycles. The van der Waals surface area contributed by atoms with Crippen molar-refractivity contribution in [1.29, 1.82) is 0 Å². The van der Waals surface area contributed by atoms with Gasteiger partial charge in [0.1, 0.15) is 0 Å². The Bertz CT molecular complexity index is 1050. The van der Waals surface area contributed by atoms with Crippen LogP contribution in [0, 0.1) is 0 Å². The fourth-order valence-electron chi connectivity index (χ4n) is 2.11. The van der Waals surface area contributed by atoms with Gasteiger partial charge < -0.3 is 5.11 Å². The van der Waals surface area contributed by atoms with E-state index in [-0.39, 0.29) is 0 Å². The lowest BCUT2D eigenvalue weighted by Crippen LogP contribution is -2.77. The molecule has 0 aromatic rings. The molecule has 0 aliphatic carbocycles. The second-order valence-electron chi connectivity index (χ2n) is 7.17. The van der Waals surface area contributed by atoms with Crippen molar-refractivity contribution in [3.8, 4) is 0 Å². The van der Waals surface area contributed by atoms with Crippen molar-refractivity contribution in [3.63, 3.8) is 0 Å². The molecule has 0 aromatic heterocycles. The lowest BCUT2D eigenvalue weighted by atomic mass is 9.85. The quantitative estimate of drug-likeness (QED) is 0.225. The Hall–Kier alpha value is -2.54. The Morgan fingerprint density at radius 3 is 0.732 bits per heavy atom. The van der Waals surface area contributed by atoms with Crippen LogP contribution in [0.1, 0.15) is 0 Å². The fraction of sp³-hybridized carbons (Fsp3) is 0.786. The number of allylic oxidation sites excluding steroid dienone is 2. The molecule has 0 heterocycles. The minimum absolute atomic E-state index is 4.66. The summed E-state index contributed by atoms with van der Waals surface area (Å²) in [6.45, 7) is 0. The third-order valence-electron chi connectivity index (χ3n) is 4.53. The molecule has 0 unspecified atom stereocenters. The molecule has 1 N–H and O–H groups in total. The zero-order chi connectivity index (χ0) is 34.2. The smallest absolute Gasteiger partial charge is 0.445 e. The number of alkyl halides is 23. The second kappa shape index (κ2) is 9.48. The van der Waals surface area contributed by atoms with E-state index in [1.807, 2.05) is 0 Å². The van der Waals surface area contributed by atoms with Gasteiger partial charge in [-0.2, -0.15) is 105 Å². The van der Waals surface area contributed by atoms with Crippen LogP contribution in [-0.4, -0.2) is 76.5 Å². The molecular formula is C14HF25O2. The van der Waals surface area contributed by atoms with Crippen LogP contribution in [0.15, 0.2) is 11.7 Å². The minimum Gasteiger partial charge on any atom is -0.477 e. The Kier molecular flexibility index (Phi) is 8.90. The average Bonchev–Trinajstić information content (AvgIpc) is 2.75. The van der Waals surface area contributed by atoms with Gasteiger partial charge in [-0.05, 0) is 0 Å². The summed E-state index contributed by atoms with van der Waals surface area (Å²) < 4.78 is 327. The Labute approximate surface area is 204 Å². The van der Waals surface area contributed by atoms with Crippen LogP contribution in [0.25, 0.3) is 0 Å². The van der Waals surface area contributed by atoms with Gasteiger partial charge in [0, 0.05) is 0 Å². The Balaban J connectivity index is 7.40. The van der Waals surface area contributed by atoms with E-state index in [9.17, 15) is 115 Å². The van der Waals surface area contributed by atoms with Crippen LogP contribution in [0.3, 0.4) is 0 Å². The number of aliphatic carboxylic acids is 1. The lowest BCUT2D eigenvalue weighted by Gasteiger charge is -2.44. The molecule has 0 aliphatic heterocycles. The summed E-state index contributed by atoms with van der Waals surface area (Å²) in [5, 5.41) is 7.66. The van der Waals surface area contributed by atoms with Crippen molar-refractivity contribution in [2.75, 3.05) is 0 Å². The molecule has 244 valence electrons. The van der Waals surface area contributed by atoms with Crippen molar-refractivity contribution in [2.24, 2.45) is 0 Å². The molecule has 0 atom stereocenters. The first-order valence-corrected chi connectivity index (χ1v) is 8.40. The van der Waals surface area contributed by atoms with E-state index < -0.39 is 83.0 Å². The molecule has 41 heavy (non-hydrogen) atoms. The van der Waals surface area contributed by atoms with Gasteiger partial charge in [0.2, 0.25) is 11.7 Å². The van der Waals surface area contributed by atoms with E-state index >= 15 is 0 Å². The van der Waals surface area contributed by atoms with Crippen LogP contribution >= 0.6 is 0 Å². The first-order chi connectivity index (χ1) is 17.3. The maximum Gasteiger partial charge on any atom is 0.445 e. The molecule has 0 rings (SSSR count). The molecule has 0 aromatic carbocycles. The topological polar surface area (TPSA) is 37.3 Å². The standard InChI is InChI=1S/C14HF25O2/c15-1(2(16)6(21,22)23)4(17,18)7(24,25)9(28,29)11(32,33)13(36,37)14(38,39)12(34,35)10(30,31)8(26,27)5(19,20)3(40)41/h(H,40,41)/b2-1+. The second-order valence-corrected chi connectivity index (χ2v) is 7.17. The fourth-order valence-corrected chi connectivity index (χ4v) is 2.11. The van der Waals surface area contributed by atoms with Crippen molar-refractivity contribution in [3.05, 3.63) is 11.7 Å². The molecular weight excluding hydrogens is 675 g/mol. The molecule has 0 saturated heterocycles. The molecule has 27 heteroatoms. The number of hydrogen-bond acceptors (Lipinski definition) is 1. The first kappa shape index (κ1) is 38.5. The number of halogens is 25. The van der Waals surface area contributed by atoms with Gasteiger partial charge in [0.05, 0.1) is 0 Å². The summed E-state index contributed by atoms with van der Waals surface area (Å²) >= 11 is 0. The summed E-state index contributed by atoms with van der Waals surface area (Å²) in [4.78, 5) is 9.90. The van der Waals surface area contributed by atoms with Gasteiger partial charge in [-0.1, -0.05) is 0 Å². The van der Waals surface area contributed by atoms with E-state index in [0.29, 0.717) is 0 Å². The van der Waals surface area contributed by atoms with Gasteiger partial charge in [0.25, 0.3) is 0 Å². The lowest BCUT2D eigenvalue weighted by molar-refractivity contribution is -0.466. The number of carboxylic acid groups (broad SMARTS) is 1. The van der Waals surface area contributed by atoms with Crippen LogP contribution < -0.4 is 0 Å². The van der Waals surface area contributed by atoms with E-state index in [1.54, 1.807) is 0 Å². The van der Waals surface area contributed by atoms with Crippen molar-refractivity contribution in [1.82, 2.24) is 0 Å². The third-order valence-corrected chi connectivity index (χ3v) is 4.53. The van der Waals surface area contributed by atoms with Crippen molar-refractivity contribution >= 4 is 5.97 Å². The average molecular weight is 676 g/mol. The summed E-state index contributed by atoms with van der Waals surface area (Å²) in [6, 6.07) is 0. The minimum atomic E-state index is -9.60. The van der Waals surface area contributed by atoms with Gasteiger partial charge in [-0.15, -0.1) is 0 Å². The van der Waals surface area contributed by atoms with E-state index in [1.165, 1.54) is 0 Å². The van der Waals surface area contributed by atoms with Crippen molar-refractivity contribution < 1.29 is 120 Å². The van der Waals surface area contributed by atoms with E-state index in [0.717, 1.165) is 0 Å². The van der Waals surface area contributed by atoms with Gasteiger partial charge in [-0.3, -0.25) is 0 Å². The van der Waals surface area contributed by atoms with Gasteiger partial charge in [-0.25, -0.2) is 9.18 Å². The zero-order valence-electron chi connectivity index (χ0n) is 17.3. The van der Waals surface area contributed by atoms with Crippen LogP contribution in [0.2, 0.25) is 0 Å². The molecule has 2 nitrogen and oxygen atoms in total. The number of carboxylic acids is 1. The van der Waals surface area contributed by atoms with Crippen molar-refractivity contribution in [2.45, 2.75) is 65.4 Å². The molecule has 0 spiro atoms. The highest BCUT2D eigenvalue weighted by Gasteiger charge is 2.98. The summed E-state index contributed by atoms with van der Waals surface area (Å²) in [7, 11) is 0.